The third-order valence-electron chi connectivity index (χ3n) is 1.58. The number of hydrogen-bond acceptors (Lipinski definition) is 3. The standard InChI is InChI=1S/C7H10O2S/c1-4-5(8)7(2,3)10-6(4)9/h8H,1-3H3. The van der Waals surface area contributed by atoms with Gasteiger partial charge in [0, 0.05) is 5.57 Å². The predicted octanol–water partition coefficient (Wildman–Crippen LogP) is 1.87. The highest BCUT2D eigenvalue weighted by Crippen LogP contribution is 2.41. The predicted molar refractivity (Wildman–Crippen MR) is 42.0 cm³/mol. The molecule has 10 heavy (non-hydrogen) atoms. The summed E-state index contributed by atoms with van der Waals surface area (Å²) in [5.74, 6) is 0.225. The quantitative estimate of drug-likeness (QED) is 0.584. The molecule has 0 aliphatic carbocycles. The Kier molecular flexibility index (Phi) is 1.55. The zero-order valence-corrected chi connectivity index (χ0v) is 7.08. The molecule has 0 aromatic rings. The van der Waals surface area contributed by atoms with Crippen molar-refractivity contribution >= 4 is 16.9 Å². The van der Waals surface area contributed by atoms with Crippen molar-refractivity contribution in [2.75, 3.05) is 0 Å². The maximum Gasteiger partial charge on any atom is 0.219 e. The van der Waals surface area contributed by atoms with Crippen molar-refractivity contribution < 1.29 is 9.90 Å². The SMILES string of the molecule is CC1=C(O)C(C)(C)SC1=O. The number of thioether (sulfide) groups is 1. The summed E-state index contributed by atoms with van der Waals surface area (Å²) in [5.41, 5.74) is 0.495. The van der Waals surface area contributed by atoms with E-state index in [1.165, 1.54) is 11.8 Å². The zero-order chi connectivity index (χ0) is 7.94. The molecule has 2 nitrogen and oxygen atoms in total. The number of hydrogen-bond donors (Lipinski definition) is 1. The van der Waals surface area contributed by atoms with Crippen LogP contribution in [0.2, 0.25) is 0 Å². The average Bonchev–Trinajstić information content (AvgIpc) is 1.95. The van der Waals surface area contributed by atoms with Gasteiger partial charge in [0.05, 0.1) is 4.75 Å². The van der Waals surface area contributed by atoms with Crippen molar-refractivity contribution in [1.29, 1.82) is 0 Å². The molecule has 3 heteroatoms. The fourth-order valence-corrected chi connectivity index (χ4v) is 1.87. The monoisotopic (exact) mass is 158 g/mol. The average molecular weight is 158 g/mol. The summed E-state index contributed by atoms with van der Waals surface area (Å²) in [6, 6.07) is 0. The van der Waals surface area contributed by atoms with E-state index in [1.807, 2.05) is 13.8 Å². The molecule has 0 aromatic heterocycles. The van der Waals surface area contributed by atoms with Crippen LogP contribution in [0.25, 0.3) is 0 Å². The minimum atomic E-state index is -0.402. The Balaban J connectivity index is 3.06. The molecule has 1 rings (SSSR count). The van der Waals surface area contributed by atoms with Crippen molar-refractivity contribution in [2.45, 2.75) is 25.5 Å². The van der Waals surface area contributed by atoms with Crippen LogP contribution in [0.4, 0.5) is 0 Å². The van der Waals surface area contributed by atoms with Crippen LogP contribution in [0.5, 0.6) is 0 Å². The molecule has 0 bridgehead atoms. The molecule has 0 atom stereocenters. The molecule has 1 aliphatic heterocycles. The molecular formula is C7H10O2S. The lowest BCUT2D eigenvalue weighted by Crippen LogP contribution is -2.13. The first-order chi connectivity index (χ1) is 4.45. The minimum absolute atomic E-state index is 0.0116. The number of rotatable bonds is 0. The summed E-state index contributed by atoms with van der Waals surface area (Å²) >= 11 is 1.18. The van der Waals surface area contributed by atoms with E-state index in [0.717, 1.165) is 0 Å². The minimum Gasteiger partial charge on any atom is -0.510 e. The first-order valence-electron chi connectivity index (χ1n) is 3.09. The maximum atomic E-state index is 10.9. The Bertz CT molecular complexity index is 216. The van der Waals surface area contributed by atoms with Crippen LogP contribution < -0.4 is 0 Å². The van der Waals surface area contributed by atoms with Gasteiger partial charge in [-0.05, 0) is 20.8 Å². The molecular weight excluding hydrogens is 148 g/mol. The third-order valence-corrected chi connectivity index (χ3v) is 2.77. The smallest absolute Gasteiger partial charge is 0.219 e. The van der Waals surface area contributed by atoms with Gasteiger partial charge >= 0.3 is 0 Å². The van der Waals surface area contributed by atoms with Crippen LogP contribution in [0, 0.1) is 0 Å². The molecule has 0 unspecified atom stereocenters. The van der Waals surface area contributed by atoms with Crippen LogP contribution in [-0.4, -0.2) is 15.0 Å². The van der Waals surface area contributed by atoms with Crippen molar-refractivity contribution in [3.8, 4) is 0 Å². The molecule has 0 amide bonds. The molecule has 0 aromatic carbocycles. The lowest BCUT2D eigenvalue weighted by Gasteiger charge is -2.14. The highest BCUT2D eigenvalue weighted by Gasteiger charge is 2.37. The second kappa shape index (κ2) is 2.02. The Morgan fingerprint density at radius 3 is 2.10 bits per heavy atom. The van der Waals surface area contributed by atoms with Gasteiger partial charge in [-0.15, -0.1) is 0 Å². The van der Waals surface area contributed by atoms with Crippen LogP contribution >= 0.6 is 11.8 Å². The van der Waals surface area contributed by atoms with E-state index < -0.39 is 4.75 Å². The van der Waals surface area contributed by atoms with Gasteiger partial charge < -0.3 is 5.11 Å². The third kappa shape index (κ3) is 0.944. The first kappa shape index (κ1) is 7.66. The van der Waals surface area contributed by atoms with Gasteiger partial charge in [0.15, 0.2) is 0 Å². The van der Waals surface area contributed by atoms with Crippen LogP contribution in [0.15, 0.2) is 11.3 Å². The van der Waals surface area contributed by atoms with Gasteiger partial charge in [-0.1, -0.05) is 11.8 Å². The second-order valence-electron chi connectivity index (χ2n) is 2.87. The van der Waals surface area contributed by atoms with Crippen LogP contribution in [-0.2, 0) is 4.79 Å². The first-order valence-corrected chi connectivity index (χ1v) is 3.90. The lowest BCUT2D eigenvalue weighted by atomic mass is 10.1. The highest BCUT2D eigenvalue weighted by atomic mass is 32.2. The molecule has 1 heterocycles. The van der Waals surface area contributed by atoms with Gasteiger partial charge in [0.1, 0.15) is 5.76 Å². The molecule has 1 N–H and O–H groups in total. The number of aliphatic hydroxyl groups excluding tert-OH is 1. The molecule has 0 fully saturated rings. The highest BCUT2D eigenvalue weighted by molar-refractivity contribution is 8.15. The summed E-state index contributed by atoms with van der Waals surface area (Å²) in [7, 11) is 0. The van der Waals surface area contributed by atoms with E-state index in [4.69, 9.17) is 0 Å². The second-order valence-corrected chi connectivity index (χ2v) is 4.47. The summed E-state index contributed by atoms with van der Waals surface area (Å²) in [6.07, 6.45) is 0. The van der Waals surface area contributed by atoms with Crippen LogP contribution in [0.1, 0.15) is 20.8 Å². The Morgan fingerprint density at radius 1 is 1.50 bits per heavy atom. The number of carbonyl (C=O) groups excluding carboxylic acids is 1. The lowest BCUT2D eigenvalue weighted by molar-refractivity contribution is -0.107. The molecule has 0 spiro atoms. The van der Waals surface area contributed by atoms with E-state index in [2.05, 4.69) is 0 Å². The van der Waals surface area contributed by atoms with E-state index in [-0.39, 0.29) is 10.9 Å². The van der Waals surface area contributed by atoms with Gasteiger partial charge in [-0.3, -0.25) is 4.79 Å². The van der Waals surface area contributed by atoms with Gasteiger partial charge in [0.25, 0.3) is 0 Å². The Labute approximate surface area is 64.3 Å². The van der Waals surface area contributed by atoms with Gasteiger partial charge in [-0.2, -0.15) is 0 Å². The summed E-state index contributed by atoms with van der Waals surface area (Å²) in [6.45, 7) is 5.32. The maximum absolute atomic E-state index is 10.9. The largest absolute Gasteiger partial charge is 0.510 e. The van der Waals surface area contributed by atoms with E-state index in [0.29, 0.717) is 5.57 Å². The van der Waals surface area contributed by atoms with Gasteiger partial charge in [-0.25, -0.2) is 0 Å². The normalized spacial score (nSPS) is 24.1. The number of carbonyl (C=O) groups is 1. The van der Waals surface area contributed by atoms with Crippen molar-refractivity contribution in [3.05, 3.63) is 11.3 Å². The fraction of sp³-hybridized carbons (Fsp3) is 0.571. The summed E-state index contributed by atoms with van der Waals surface area (Å²) in [5, 5.41) is 9.32. The topological polar surface area (TPSA) is 37.3 Å². The Hall–Kier alpha value is -0.440. The van der Waals surface area contributed by atoms with Crippen LogP contribution in [0.3, 0.4) is 0 Å². The molecule has 0 saturated carbocycles. The molecule has 0 radical (unpaired) electrons. The number of aliphatic hydroxyl groups is 1. The summed E-state index contributed by atoms with van der Waals surface area (Å²) < 4.78 is -0.402. The van der Waals surface area contributed by atoms with E-state index in [9.17, 15) is 9.90 Å². The molecule has 1 aliphatic rings. The van der Waals surface area contributed by atoms with E-state index in [1.54, 1.807) is 6.92 Å². The zero-order valence-electron chi connectivity index (χ0n) is 6.26. The summed E-state index contributed by atoms with van der Waals surface area (Å²) in [4.78, 5) is 10.9. The molecule has 56 valence electrons. The Morgan fingerprint density at radius 2 is 2.00 bits per heavy atom. The van der Waals surface area contributed by atoms with Crippen molar-refractivity contribution in [2.24, 2.45) is 0 Å². The van der Waals surface area contributed by atoms with Crippen molar-refractivity contribution in [1.82, 2.24) is 0 Å². The molecule has 0 saturated heterocycles. The van der Waals surface area contributed by atoms with Gasteiger partial charge in [0.2, 0.25) is 5.12 Å². The van der Waals surface area contributed by atoms with Crippen molar-refractivity contribution in [3.63, 3.8) is 0 Å². The fourth-order valence-electron chi connectivity index (χ4n) is 0.905. The van der Waals surface area contributed by atoms with E-state index >= 15 is 0 Å².